The third-order valence-electron chi connectivity index (χ3n) is 2.64. The highest BCUT2D eigenvalue weighted by atomic mass is 32.2. The smallest absolute Gasteiger partial charge is 0.244 e. The summed E-state index contributed by atoms with van der Waals surface area (Å²) >= 11 is 0. The maximum atomic E-state index is 12.1. The minimum atomic E-state index is -3.68. The van der Waals surface area contributed by atoms with Crippen LogP contribution < -0.4 is 9.46 Å². The molecular formula is C11H16N4O3S. The molecule has 0 fully saturated rings. The Morgan fingerprint density at radius 2 is 2.00 bits per heavy atom. The van der Waals surface area contributed by atoms with Crippen LogP contribution in [0.25, 0.3) is 10.4 Å². The molecule has 0 aliphatic heterocycles. The Bertz CT molecular complexity index is 607. The van der Waals surface area contributed by atoms with Crippen molar-refractivity contribution in [2.45, 2.75) is 18.7 Å². The molecule has 0 amide bonds. The van der Waals surface area contributed by atoms with E-state index in [1.54, 1.807) is 12.1 Å². The van der Waals surface area contributed by atoms with Gasteiger partial charge in [0, 0.05) is 18.0 Å². The van der Waals surface area contributed by atoms with Crippen LogP contribution in [-0.4, -0.2) is 28.6 Å². The molecule has 0 aromatic heterocycles. The van der Waals surface area contributed by atoms with Gasteiger partial charge in [0.25, 0.3) is 0 Å². The molecule has 0 spiro atoms. The van der Waals surface area contributed by atoms with Crippen molar-refractivity contribution in [3.63, 3.8) is 0 Å². The van der Waals surface area contributed by atoms with Crippen LogP contribution in [0.2, 0.25) is 0 Å². The van der Waals surface area contributed by atoms with E-state index in [1.165, 1.54) is 7.11 Å². The first-order valence-corrected chi connectivity index (χ1v) is 7.06. The highest BCUT2D eigenvalue weighted by Crippen LogP contribution is 2.26. The van der Waals surface area contributed by atoms with Crippen molar-refractivity contribution in [3.8, 4) is 5.75 Å². The third kappa shape index (κ3) is 3.85. The quantitative estimate of drug-likeness (QED) is 0.373. The van der Waals surface area contributed by atoms with Crippen molar-refractivity contribution >= 4 is 10.0 Å². The van der Waals surface area contributed by atoms with Crippen molar-refractivity contribution in [1.29, 1.82) is 0 Å². The fourth-order valence-corrected chi connectivity index (χ4v) is 2.74. The number of hydrogen-bond donors (Lipinski definition) is 1. The molecule has 1 N–H and O–H groups in total. The highest BCUT2D eigenvalue weighted by molar-refractivity contribution is 7.89. The molecule has 0 saturated heterocycles. The Morgan fingerprint density at radius 3 is 2.58 bits per heavy atom. The van der Waals surface area contributed by atoms with Crippen LogP contribution in [0.3, 0.4) is 0 Å². The largest absolute Gasteiger partial charge is 0.495 e. The van der Waals surface area contributed by atoms with Gasteiger partial charge in [0.15, 0.2) is 0 Å². The predicted octanol–water partition coefficient (Wildman–Crippen LogP) is 1.90. The van der Waals surface area contributed by atoms with E-state index < -0.39 is 10.0 Å². The van der Waals surface area contributed by atoms with Gasteiger partial charge < -0.3 is 4.74 Å². The molecule has 19 heavy (non-hydrogen) atoms. The molecule has 0 bridgehead atoms. The van der Waals surface area contributed by atoms with Gasteiger partial charge in [0.05, 0.1) is 7.11 Å². The molecule has 0 saturated carbocycles. The Kier molecular flexibility index (Phi) is 5.17. The van der Waals surface area contributed by atoms with Gasteiger partial charge in [0.2, 0.25) is 10.0 Å². The van der Waals surface area contributed by atoms with Gasteiger partial charge in [-0.2, -0.15) is 0 Å². The standard InChI is InChI=1S/C11H16N4O3S/c1-8-6-10(18-3)11(7-9(8)2)19(16,17)14-5-4-13-15-12/h6-7,14H,4-5H2,1-3H3. The van der Waals surface area contributed by atoms with E-state index in [1.807, 2.05) is 13.8 Å². The highest BCUT2D eigenvalue weighted by Gasteiger charge is 2.19. The topological polar surface area (TPSA) is 104 Å². The molecule has 1 aromatic rings. The summed E-state index contributed by atoms with van der Waals surface area (Å²) in [6.45, 7) is 3.81. The first-order chi connectivity index (χ1) is 8.92. The van der Waals surface area contributed by atoms with E-state index in [4.69, 9.17) is 10.3 Å². The van der Waals surface area contributed by atoms with Gasteiger partial charge in [-0.05, 0) is 42.6 Å². The second-order valence-corrected chi connectivity index (χ2v) is 5.67. The van der Waals surface area contributed by atoms with Crippen LogP contribution in [0.1, 0.15) is 11.1 Å². The lowest BCUT2D eigenvalue weighted by Gasteiger charge is -2.12. The first-order valence-electron chi connectivity index (χ1n) is 5.58. The van der Waals surface area contributed by atoms with E-state index >= 15 is 0 Å². The summed E-state index contributed by atoms with van der Waals surface area (Å²) in [5.41, 5.74) is 9.93. The van der Waals surface area contributed by atoms with Gasteiger partial charge in [-0.1, -0.05) is 5.11 Å². The zero-order valence-corrected chi connectivity index (χ0v) is 11.9. The minimum Gasteiger partial charge on any atom is -0.495 e. The number of ether oxygens (including phenoxy) is 1. The number of nitrogens with one attached hydrogen (secondary N) is 1. The van der Waals surface area contributed by atoms with E-state index in [2.05, 4.69) is 14.7 Å². The van der Waals surface area contributed by atoms with Gasteiger partial charge in [0.1, 0.15) is 10.6 Å². The van der Waals surface area contributed by atoms with Gasteiger partial charge in [-0.3, -0.25) is 0 Å². The van der Waals surface area contributed by atoms with E-state index in [0.717, 1.165) is 11.1 Å². The molecule has 0 aliphatic carbocycles. The summed E-state index contributed by atoms with van der Waals surface area (Å²) in [7, 11) is -2.26. The molecule has 0 aliphatic rings. The zero-order valence-electron chi connectivity index (χ0n) is 11.0. The lowest BCUT2D eigenvalue weighted by atomic mass is 10.1. The van der Waals surface area contributed by atoms with Crippen LogP contribution in [0.4, 0.5) is 0 Å². The molecule has 0 heterocycles. The maximum absolute atomic E-state index is 12.1. The van der Waals surface area contributed by atoms with Crippen molar-refractivity contribution in [1.82, 2.24) is 4.72 Å². The van der Waals surface area contributed by atoms with E-state index in [-0.39, 0.29) is 18.0 Å². The number of hydrogen-bond acceptors (Lipinski definition) is 4. The molecule has 104 valence electrons. The fraction of sp³-hybridized carbons (Fsp3) is 0.455. The average molecular weight is 284 g/mol. The van der Waals surface area contributed by atoms with Crippen molar-refractivity contribution in [2.24, 2.45) is 5.11 Å². The first kappa shape index (κ1) is 15.3. The van der Waals surface area contributed by atoms with Crippen molar-refractivity contribution in [2.75, 3.05) is 20.2 Å². The summed E-state index contributed by atoms with van der Waals surface area (Å²) in [4.78, 5) is 2.64. The summed E-state index contributed by atoms with van der Waals surface area (Å²) in [6.07, 6.45) is 0. The molecule has 1 rings (SSSR count). The number of methoxy groups -OCH3 is 1. The number of nitrogens with zero attached hydrogens (tertiary/aromatic N) is 3. The summed E-state index contributed by atoms with van der Waals surface area (Å²) in [5, 5.41) is 3.27. The fourth-order valence-electron chi connectivity index (χ4n) is 1.49. The molecule has 8 heteroatoms. The lowest BCUT2D eigenvalue weighted by Crippen LogP contribution is -2.26. The van der Waals surface area contributed by atoms with Crippen LogP contribution in [-0.2, 0) is 10.0 Å². The number of azide groups is 1. The molecular weight excluding hydrogens is 268 g/mol. The molecule has 0 radical (unpaired) electrons. The molecule has 0 atom stereocenters. The Hall–Kier alpha value is -1.76. The number of rotatable bonds is 6. The molecule has 0 unspecified atom stereocenters. The molecule has 1 aromatic carbocycles. The lowest BCUT2D eigenvalue weighted by molar-refractivity contribution is 0.402. The second-order valence-electron chi connectivity index (χ2n) is 3.94. The van der Waals surface area contributed by atoms with Crippen LogP contribution in [0, 0.1) is 13.8 Å². The van der Waals surface area contributed by atoms with Crippen molar-refractivity contribution in [3.05, 3.63) is 33.7 Å². The van der Waals surface area contributed by atoms with Crippen molar-refractivity contribution < 1.29 is 13.2 Å². The second kappa shape index (κ2) is 6.42. The van der Waals surface area contributed by atoms with Gasteiger partial charge >= 0.3 is 0 Å². The van der Waals surface area contributed by atoms with Crippen LogP contribution >= 0.6 is 0 Å². The van der Waals surface area contributed by atoms with Crippen LogP contribution in [0.5, 0.6) is 5.75 Å². The Balaban J connectivity index is 3.06. The van der Waals surface area contributed by atoms with Gasteiger partial charge in [-0.25, -0.2) is 13.1 Å². The zero-order chi connectivity index (χ0) is 14.5. The summed E-state index contributed by atoms with van der Waals surface area (Å²) in [6, 6.07) is 3.24. The SMILES string of the molecule is COc1cc(C)c(C)cc1S(=O)(=O)NCCN=[N+]=[N-]. The monoisotopic (exact) mass is 284 g/mol. The maximum Gasteiger partial charge on any atom is 0.244 e. The molecule has 7 nitrogen and oxygen atoms in total. The minimum absolute atomic E-state index is 0.0441. The summed E-state index contributed by atoms with van der Waals surface area (Å²) in [5.74, 6) is 0.291. The van der Waals surface area contributed by atoms with Crippen LogP contribution in [0.15, 0.2) is 22.1 Å². The predicted molar refractivity (Wildman–Crippen MR) is 71.7 cm³/mol. The Morgan fingerprint density at radius 1 is 1.37 bits per heavy atom. The van der Waals surface area contributed by atoms with E-state index in [0.29, 0.717) is 5.75 Å². The van der Waals surface area contributed by atoms with Gasteiger partial charge in [-0.15, -0.1) is 0 Å². The number of aryl methyl sites for hydroxylation is 2. The normalized spacial score (nSPS) is 10.9. The number of sulfonamides is 1. The summed E-state index contributed by atoms with van der Waals surface area (Å²) < 4.78 is 31.7. The number of benzene rings is 1. The third-order valence-corrected chi connectivity index (χ3v) is 4.12. The Labute approximate surface area is 112 Å². The average Bonchev–Trinajstić information content (AvgIpc) is 2.37. The van der Waals surface area contributed by atoms with E-state index in [9.17, 15) is 8.42 Å².